The molecule has 0 spiro atoms. The Morgan fingerprint density at radius 3 is 2.19 bits per heavy atom. The third kappa shape index (κ3) is 4.50. The van der Waals surface area contributed by atoms with E-state index in [1.165, 1.54) is 30.3 Å². The van der Waals surface area contributed by atoms with Gasteiger partial charge in [-0.05, 0) is 37.1 Å². The molecule has 1 aliphatic carbocycles. The van der Waals surface area contributed by atoms with Crippen molar-refractivity contribution < 1.29 is 13.2 Å². The molecular formula is C21H26N2O3S. The summed E-state index contributed by atoms with van der Waals surface area (Å²) in [4.78, 5) is 12.9. The number of hydrogen-bond donors (Lipinski definition) is 1. The molecule has 1 saturated carbocycles. The lowest BCUT2D eigenvalue weighted by molar-refractivity contribution is 0.0930. The van der Waals surface area contributed by atoms with Gasteiger partial charge in [0.2, 0.25) is 0 Å². The van der Waals surface area contributed by atoms with Crippen molar-refractivity contribution in [2.24, 2.45) is 0 Å². The molecular weight excluding hydrogens is 360 g/mol. The minimum absolute atomic E-state index is 0.0301. The van der Waals surface area contributed by atoms with Crippen LogP contribution in [0.2, 0.25) is 0 Å². The molecule has 0 heterocycles. The van der Waals surface area contributed by atoms with Crippen LogP contribution in [0.15, 0.2) is 59.5 Å². The summed E-state index contributed by atoms with van der Waals surface area (Å²) >= 11 is 0. The number of nitrogens with one attached hydrogen (secondary N) is 1. The summed E-state index contributed by atoms with van der Waals surface area (Å²) < 4.78 is 27.5. The van der Waals surface area contributed by atoms with Crippen LogP contribution in [0.4, 0.5) is 5.69 Å². The Bertz CT molecular complexity index is 873. The fraction of sp³-hybridized carbons (Fsp3) is 0.381. The average Bonchev–Trinajstić information content (AvgIpc) is 2.96. The highest BCUT2D eigenvalue weighted by Gasteiger charge is 2.27. The molecule has 1 fully saturated rings. The van der Waals surface area contributed by atoms with E-state index in [-0.39, 0.29) is 22.4 Å². The van der Waals surface area contributed by atoms with E-state index in [1.807, 2.05) is 6.07 Å². The molecule has 1 amide bonds. The van der Waals surface area contributed by atoms with Crippen molar-refractivity contribution in [1.29, 1.82) is 0 Å². The van der Waals surface area contributed by atoms with Gasteiger partial charge < -0.3 is 5.32 Å². The molecule has 27 heavy (non-hydrogen) atoms. The predicted molar refractivity (Wildman–Crippen MR) is 107 cm³/mol. The number of anilines is 1. The molecule has 2 aromatic carbocycles. The molecule has 2 aromatic rings. The largest absolute Gasteiger partial charge is 0.349 e. The van der Waals surface area contributed by atoms with Gasteiger partial charge in [0.05, 0.1) is 11.3 Å². The Labute approximate surface area is 161 Å². The van der Waals surface area contributed by atoms with E-state index < -0.39 is 10.0 Å². The van der Waals surface area contributed by atoms with E-state index in [2.05, 4.69) is 5.32 Å². The topological polar surface area (TPSA) is 66.5 Å². The van der Waals surface area contributed by atoms with Crippen molar-refractivity contribution in [1.82, 2.24) is 5.32 Å². The summed E-state index contributed by atoms with van der Waals surface area (Å²) in [5, 5.41) is 3.04. The van der Waals surface area contributed by atoms with Crippen molar-refractivity contribution in [3.05, 3.63) is 60.2 Å². The lowest BCUT2D eigenvalue weighted by atomic mass is 10.1. The normalized spacial score (nSPS) is 15.7. The van der Waals surface area contributed by atoms with Crippen molar-refractivity contribution >= 4 is 21.6 Å². The summed E-state index contributed by atoms with van der Waals surface area (Å²) in [6, 6.07) is 15.4. The van der Waals surface area contributed by atoms with E-state index in [9.17, 15) is 13.2 Å². The Hall–Kier alpha value is -2.34. The number of benzene rings is 2. The third-order valence-corrected chi connectivity index (χ3v) is 6.92. The number of nitrogens with zero attached hydrogens (tertiary/aromatic N) is 1. The maximum Gasteiger partial charge on any atom is 0.264 e. The molecule has 0 aromatic heterocycles. The van der Waals surface area contributed by atoms with Gasteiger partial charge in [0.15, 0.2) is 0 Å². The lowest BCUT2D eigenvalue weighted by Crippen LogP contribution is -2.36. The first-order chi connectivity index (χ1) is 13.0. The summed E-state index contributed by atoms with van der Waals surface area (Å²) in [5.74, 6) is -0.317. The maximum atomic E-state index is 13.2. The van der Waals surface area contributed by atoms with Gasteiger partial charge in [-0.3, -0.25) is 9.10 Å². The van der Waals surface area contributed by atoms with E-state index >= 15 is 0 Å². The van der Waals surface area contributed by atoms with Crippen molar-refractivity contribution in [2.75, 3.05) is 11.4 Å². The summed E-state index contributed by atoms with van der Waals surface area (Å²) in [6.45, 7) is 0. The molecule has 0 saturated heterocycles. The van der Waals surface area contributed by atoms with Crippen LogP contribution in [-0.2, 0) is 10.0 Å². The van der Waals surface area contributed by atoms with Crippen LogP contribution in [-0.4, -0.2) is 27.4 Å². The quantitative estimate of drug-likeness (QED) is 0.791. The molecule has 1 aliphatic rings. The van der Waals surface area contributed by atoms with Crippen LogP contribution < -0.4 is 9.62 Å². The fourth-order valence-electron chi connectivity index (χ4n) is 3.49. The maximum absolute atomic E-state index is 13.2. The van der Waals surface area contributed by atoms with Crippen molar-refractivity contribution in [3.63, 3.8) is 0 Å². The van der Waals surface area contributed by atoms with E-state index in [0.717, 1.165) is 25.7 Å². The summed E-state index contributed by atoms with van der Waals surface area (Å²) in [7, 11) is -2.34. The highest BCUT2D eigenvalue weighted by atomic mass is 32.2. The van der Waals surface area contributed by atoms with Crippen LogP contribution in [0, 0.1) is 0 Å². The van der Waals surface area contributed by atoms with E-state index in [1.54, 1.807) is 42.5 Å². The van der Waals surface area contributed by atoms with Crippen LogP contribution in [0.25, 0.3) is 0 Å². The zero-order valence-corrected chi connectivity index (χ0v) is 16.4. The molecule has 3 rings (SSSR count). The van der Waals surface area contributed by atoms with Gasteiger partial charge >= 0.3 is 0 Å². The lowest BCUT2D eigenvalue weighted by Gasteiger charge is -2.22. The first-order valence-corrected chi connectivity index (χ1v) is 10.9. The van der Waals surface area contributed by atoms with Gasteiger partial charge in [0.25, 0.3) is 15.9 Å². The number of amides is 1. The van der Waals surface area contributed by atoms with Gasteiger partial charge in [-0.1, -0.05) is 56.0 Å². The Balaban J connectivity index is 1.87. The molecule has 0 bridgehead atoms. The zero-order chi connectivity index (χ0) is 19.3. The Kier molecular flexibility index (Phi) is 6.16. The molecule has 6 heteroatoms. The highest BCUT2D eigenvalue weighted by molar-refractivity contribution is 7.92. The van der Waals surface area contributed by atoms with Gasteiger partial charge in [-0.15, -0.1) is 0 Å². The second-order valence-corrected chi connectivity index (χ2v) is 8.90. The van der Waals surface area contributed by atoms with E-state index in [0.29, 0.717) is 5.69 Å². The monoisotopic (exact) mass is 386 g/mol. The molecule has 144 valence electrons. The Morgan fingerprint density at radius 1 is 0.926 bits per heavy atom. The molecule has 5 nitrogen and oxygen atoms in total. The van der Waals surface area contributed by atoms with Crippen molar-refractivity contribution in [2.45, 2.75) is 49.5 Å². The van der Waals surface area contributed by atoms with Crippen LogP contribution >= 0.6 is 0 Å². The molecule has 1 N–H and O–H groups in total. The van der Waals surface area contributed by atoms with Crippen LogP contribution in [0.3, 0.4) is 0 Å². The predicted octanol–water partition coefficient (Wildman–Crippen LogP) is 3.96. The second-order valence-electron chi connectivity index (χ2n) is 6.97. The fourth-order valence-corrected chi connectivity index (χ4v) is 4.87. The number of sulfonamides is 1. The van der Waals surface area contributed by atoms with Crippen molar-refractivity contribution in [3.8, 4) is 0 Å². The average molecular weight is 387 g/mol. The SMILES string of the molecule is CN(c1ccccc1)S(=O)(=O)c1ccccc1C(=O)NC1CCCCCC1. The minimum Gasteiger partial charge on any atom is -0.349 e. The summed E-state index contributed by atoms with van der Waals surface area (Å²) in [6.07, 6.45) is 6.48. The summed E-state index contributed by atoms with van der Waals surface area (Å²) in [5.41, 5.74) is 0.751. The first kappa shape index (κ1) is 19.4. The van der Waals surface area contributed by atoms with Gasteiger partial charge in [0, 0.05) is 13.1 Å². The molecule has 0 aliphatic heterocycles. The third-order valence-electron chi connectivity index (χ3n) is 5.08. The highest BCUT2D eigenvalue weighted by Crippen LogP contribution is 2.25. The second kappa shape index (κ2) is 8.57. The van der Waals surface area contributed by atoms with Gasteiger partial charge in [-0.25, -0.2) is 8.42 Å². The standard InChI is InChI=1S/C21H26N2O3S/c1-23(18-13-7-4-8-14-18)27(25,26)20-16-10-9-15-19(20)21(24)22-17-11-5-2-3-6-12-17/h4,7-10,13-17H,2-3,5-6,11-12H2,1H3,(H,22,24). The van der Waals surface area contributed by atoms with Crippen LogP contribution in [0.5, 0.6) is 0 Å². The number of rotatable bonds is 5. The van der Waals surface area contributed by atoms with Crippen LogP contribution in [0.1, 0.15) is 48.9 Å². The molecule has 0 atom stereocenters. The number of para-hydroxylation sites is 1. The first-order valence-electron chi connectivity index (χ1n) is 9.44. The number of hydrogen-bond acceptors (Lipinski definition) is 3. The number of carbonyl (C=O) groups is 1. The Morgan fingerprint density at radius 2 is 1.52 bits per heavy atom. The smallest absolute Gasteiger partial charge is 0.264 e. The van der Waals surface area contributed by atoms with E-state index in [4.69, 9.17) is 0 Å². The van der Waals surface area contributed by atoms with Gasteiger partial charge in [0.1, 0.15) is 4.90 Å². The number of carbonyl (C=O) groups excluding carboxylic acids is 1. The van der Waals surface area contributed by atoms with Gasteiger partial charge in [-0.2, -0.15) is 0 Å². The minimum atomic E-state index is -3.84. The molecule has 0 radical (unpaired) electrons. The zero-order valence-electron chi connectivity index (χ0n) is 15.6. The molecule has 0 unspecified atom stereocenters.